The Kier molecular flexibility index (Phi) is 1.62. The molecule has 0 saturated carbocycles. The van der Waals surface area contributed by atoms with Crippen LogP contribution in [0, 0.1) is 0 Å². The molecular formula is C10H14O5. The van der Waals surface area contributed by atoms with Gasteiger partial charge in [-0.2, -0.15) is 0 Å². The van der Waals surface area contributed by atoms with E-state index in [9.17, 15) is 0 Å². The van der Waals surface area contributed by atoms with Crippen molar-refractivity contribution in [1.29, 1.82) is 0 Å². The van der Waals surface area contributed by atoms with E-state index in [1.807, 2.05) is 0 Å². The first-order valence-electron chi connectivity index (χ1n) is 5.54. The minimum Gasteiger partial charge on any atom is -0.367 e. The molecule has 0 N–H and O–H groups in total. The highest BCUT2D eigenvalue weighted by Crippen LogP contribution is 2.48. The van der Waals surface area contributed by atoms with Gasteiger partial charge in [-0.05, 0) is 0 Å². The van der Waals surface area contributed by atoms with E-state index in [0.717, 1.165) is 39.3 Å². The quantitative estimate of drug-likeness (QED) is 0.618. The first-order chi connectivity index (χ1) is 7.33. The zero-order valence-corrected chi connectivity index (χ0v) is 8.44. The summed E-state index contributed by atoms with van der Waals surface area (Å²) >= 11 is 0. The van der Waals surface area contributed by atoms with Crippen LogP contribution in [0.15, 0.2) is 0 Å². The minimum absolute atomic E-state index is 0.103. The summed E-state index contributed by atoms with van der Waals surface area (Å²) in [5, 5.41) is 0. The Morgan fingerprint density at radius 1 is 0.867 bits per heavy atom. The third-order valence-corrected chi connectivity index (χ3v) is 3.59. The van der Waals surface area contributed by atoms with Crippen LogP contribution in [-0.4, -0.2) is 50.2 Å². The average Bonchev–Trinajstić information content (AvgIpc) is 2.95. The molecule has 0 radical (unpaired) electrons. The van der Waals surface area contributed by atoms with Crippen LogP contribution in [0.2, 0.25) is 0 Å². The van der Waals surface area contributed by atoms with Gasteiger partial charge in [0.2, 0.25) is 11.6 Å². The van der Waals surface area contributed by atoms with Crippen molar-refractivity contribution in [3.8, 4) is 0 Å². The lowest BCUT2D eigenvalue weighted by atomic mass is 10.0. The number of rotatable bonds is 4. The molecule has 0 amide bonds. The van der Waals surface area contributed by atoms with Crippen molar-refractivity contribution >= 4 is 0 Å². The highest BCUT2D eigenvalue weighted by Gasteiger charge is 2.64. The molecule has 15 heavy (non-hydrogen) atoms. The molecule has 0 aromatic rings. The Morgan fingerprint density at radius 3 is 1.47 bits per heavy atom. The van der Waals surface area contributed by atoms with Crippen LogP contribution in [-0.2, 0) is 23.7 Å². The molecule has 0 aromatic carbocycles. The predicted octanol–water partition coefficient (Wildman–Crippen LogP) is 0.0338. The van der Waals surface area contributed by atoms with Gasteiger partial charge in [0.05, 0.1) is 26.4 Å². The molecule has 0 aliphatic carbocycles. The first kappa shape index (κ1) is 8.90. The smallest absolute Gasteiger partial charge is 0.202 e. The van der Waals surface area contributed by atoms with Crippen LogP contribution >= 0.6 is 0 Å². The molecule has 5 nitrogen and oxygen atoms in total. The summed E-state index contributed by atoms with van der Waals surface area (Å²) < 4.78 is 27.8. The fourth-order valence-electron chi connectivity index (χ4n) is 2.30. The zero-order valence-electron chi connectivity index (χ0n) is 8.44. The fourth-order valence-corrected chi connectivity index (χ4v) is 2.30. The van der Waals surface area contributed by atoms with E-state index < -0.39 is 11.6 Å². The predicted molar refractivity (Wildman–Crippen MR) is 47.2 cm³/mol. The van der Waals surface area contributed by atoms with Crippen molar-refractivity contribution in [1.82, 2.24) is 0 Å². The number of hydrogen-bond acceptors (Lipinski definition) is 5. The van der Waals surface area contributed by atoms with E-state index in [1.165, 1.54) is 0 Å². The molecule has 4 saturated heterocycles. The van der Waals surface area contributed by atoms with Gasteiger partial charge in [-0.15, -0.1) is 0 Å². The number of ether oxygens (including phenoxy) is 5. The van der Waals surface area contributed by atoms with Crippen LogP contribution in [0.1, 0.15) is 12.8 Å². The molecule has 0 aromatic heterocycles. The molecule has 84 valence electrons. The van der Waals surface area contributed by atoms with Gasteiger partial charge in [0.15, 0.2) is 0 Å². The zero-order chi connectivity index (χ0) is 9.93. The van der Waals surface area contributed by atoms with Gasteiger partial charge in [0.1, 0.15) is 12.2 Å². The summed E-state index contributed by atoms with van der Waals surface area (Å²) in [5.41, 5.74) is 0. The molecule has 4 unspecified atom stereocenters. The second kappa shape index (κ2) is 2.73. The molecule has 4 atom stereocenters. The summed E-state index contributed by atoms with van der Waals surface area (Å²) in [7, 11) is 0. The van der Waals surface area contributed by atoms with E-state index in [0.29, 0.717) is 0 Å². The Labute approximate surface area is 87.6 Å². The SMILES string of the molecule is C1CC(OC2(C3CO3)CCO2)(C2CO2)O1. The maximum absolute atomic E-state index is 6.05. The molecular weight excluding hydrogens is 200 g/mol. The van der Waals surface area contributed by atoms with Gasteiger partial charge in [-0.1, -0.05) is 0 Å². The molecule has 4 rings (SSSR count). The van der Waals surface area contributed by atoms with Crippen molar-refractivity contribution in [3.05, 3.63) is 0 Å². The van der Waals surface area contributed by atoms with Crippen molar-refractivity contribution < 1.29 is 23.7 Å². The molecule has 4 aliphatic rings. The molecule has 0 bridgehead atoms. The van der Waals surface area contributed by atoms with E-state index in [-0.39, 0.29) is 12.2 Å². The second-order valence-electron chi connectivity index (χ2n) is 4.57. The van der Waals surface area contributed by atoms with Crippen LogP contribution in [0.5, 0.6) is 0 Å². The minimum atomic E-state index is -0.535. The molecule has 4 aliphatic heterocycles. The number of hydrogen-bond donors (Lipinski definition) is 0. The van der Waals surface area contributed by atoms with E-state index in [2.05, 4.69) is 0 Å². The van der Waals surface area contributed by atoms with Gasteiger partial charge in [0.25, 0.3) is 0 Å². The van der Waals surface area contributed by atoms with Crippen LogP contribution in [0.3, 0.4) is 0 Å². The van der Waals surface area contributed by atoms with Gasteiger partial charge in [0, 0.05) is 12.8 Å². The van der Waals surface area contributed by atoms with E-state index in [4.69, 9.17) is 23.7 Å². The van der Waals surface area contributed by atoms with Crippen LogP contribution in [0.4, 0.5) is 0 Å². The normalized spacial score (nSPS) is 56.8. The number of epoxide rings is 2. The third-order valence-electron chi connectivity index (χ3n) is 3.59. The Hall–Kier alpha value is -0.200. The molecule has 4 fully saturated rings. The van der Waals surface area contributed by atoms with Crippen molar-refractivity contribution in [2.75, 3.05) is 26.4 Å². The average molecular weight is 214 g/mol. The second-order valence-corrected chi connectivity index (χ2v) is 4.57. The highest BCUT2D eigenvalue weighted by molar-refractivity contribution is 5.00. The van der Waals surface area contributed by atoms with E-state index in [1.54, 1.807) is 0 Å². The first-order valence-corrected chi connectivity index (χ1v) is 5.54. The molecule has 5 heteroatoms. The largest absolute Gasteiger partial charge is 0.367 e. The summed E-state index contributed by atoms with van der Waals surface area (Å²) in [6, 6.07) is 0. The van der Waals surface area contributed by atoms with Gasteiger partial charge in [-0.25, -0.2) is 0 Å². The van der Waals surface area contributed by atoms with Crippen molar-refractivity contribution in [2.45, 2.75) is 36.6 Å². The van der Waals surface area contributed by atoms with Gasteiger partial charge < -0.3 is 23.7 Å². The maximum atomic E-state index is 6.05. The van der Waals surface area contributed by atoms with E-state index >= 15 is 0 Å². The summed E-state index contributed by atoms with van der Waals surface area (Å²) in [6.07, 6.45) is 2.00. The third kappa shape index (κ3) is 1.21. The Morgan fingerprint density at radius 2 is 1.27 bits per heavy atom. The van der Waals surface area contributed by atoms with Gasteiger partial charge in [-0.3, -0.25) is 0 Å². The summed E-state index contributed by atoms with van der Waals surface area (Å²) in [6.45, 7) is 2.98. The maximum Gasteiger partial charge on any atom is 0.202 e. The Balaban J connectivity index is 1.52. The topological polar surface area (TPSA) is 52.8 Å². The van der Waals surface area contributed by atoms with Crippen molar-refractivity contribution in [3.63, 3.8) is 0 Å². The fraction of sp³-hybridized carbons (Fsp3) is 1.00. The lowest BCUT2D eigenvalue weighted by Gasteiger charge is -2.50. The molecule has 4 heterocycles. The highest BCUT2D eigenvalue weighted by atomic mass is 16.8. The monoisotopic (exact) mass is 214 g/mol. The standard InChI is InChI=1S/C10H14O5/c1-3-13-9(1,7-5-11-7)15-10(2-4-14-10)8-6-12-8/h7-8H,1-6H2. The molecule has 0 spiro atoms. The van der Waals surface area contributed by atoms with Crippen LogP contribution in [0.25, 0.3) is 0 Å². The Bertz CT molecular complexity index is 248. The summed E-state index contributed by atoms with van der Waals surface area (Å²) in [4.78, 5) is 0. The van der Waals surface area contributed by atoms with Crippen LogP contribution < -0.4 is 0 Å². The van der Waals surface area contributed by atoms with Gasteiger partial charge >= 0.3 is 0 Å². The lowest BCUT2D eigenvalue weighted by Crippen LogP contribution is -2.62. The lowest BCUT2D eigenvalue weighted by molar-refractivity contribution is -0.436. The summed E-state index contributed by atoms with van der Waals surface area (Å²) in [5.74, 6) is -1.07. The van der Waals surface area contributed by atoms with Crippen molar-refractivity contribution in [2.24, 2.45) is 0 Å².